The number of fused-ring (bicyclic) bond motifs is 1. The molecule has 0 unspecified atom stereocenters. The number of rotatable bonds is 3. The lowest BCUT2D eigenvalue weighted by Gasteiger charge is -2.35. The number of nitro benzene ring substituents is 1. The minimum atomic E-state index is -0.514. The van der Waals surface area contributed by atoms with Gasteiger partial charge in [-0.15, -0.1) is 0 Å². The van der Waals surface area contributed by atoms with Gasteiger partial charge in [0.25, 0.3) is 11.6 Å². The van der Waals surface area contributed by atoms with Crippen molar-refractivity contribution in [1.29, 1.82) is 0 Å². The third-order valence-corrected chi connectivity index (χ3v) is 4.05. The summed E-state index contributed by atoms with van der Waals surface area (Å²) < 4.78 is 0. The third-order valence-electron chi connectivity index (χ3n) is 4.05. The number of carbonyl (C=O) groups is 1. The molecule has 2 aromatic rings. The molecule has 3 rings (SSSR count). The zero-order chi connectivity index (χ0) is 18.0. The monoisotopic (exact) mass is 337 g/mol. The van der Waals surface area contributed by atoms with Gasteiger partial charge in [0.15, 0.2) is 0 Å². The molecular weight excluding hydrogens is 318 g/mol. The minimum Gasteiger partial charge on any atom is -0.379 e. The molecule has 1 aliphatic heterocycles. The molecule has 1 heterocycles. The Bertz CT molecular complexity index is 872. The standard InChI is InChI=1S/C19H19N3O3/c1-19(2)12-13-7-3-4-8-14(13)16(21-19)11-18(23)20-15-9-5-6-10-17(15)22(24)25/h3-11,21H,12H2,1-2H3,(H,20,23). The summed E-state index contributed by atoms with van der Waals surface area (Å²) in [7, 11) is 0. The molecule has 0 saturated heterocycles. The summed E-state index contributed by atoms with van der Waals surface area (Å²) in [5, 5.41) is 17.0. The van der Waals surface area contributed by atoms with Gasteiger partial charge in [-0.25, -0.2) is 0 Å². The van der Waals surface area contributed by atoms with Crippen LogP contribution < -0.4 is 10.6 Å². The maximum Gasteiger partial charge on any atom is 0.292 e. The third kappa shape index (κ3) is 3.68. The minimum absolute atomic E-state index is 0.133. The summed E-state index contributed by atoms with van der Waals surface area (Å²) in [6, 6.07) is 14.0. The highest BCUT2D eigenvalue weighted by Crippen LogP contribution is 2.29. The molecule has 0 radical (unpaired) electrons. The second-order valence-electron chi connectivity index (χ2n) is 6.66. The zero-order valence-corrected chi connectivity index (χ0v) is 14.1. The molecule has 1 aliphatic rings. The van der Waals surface area contributed by atoms with Crippen LogP contribution in [0.3, 0.4) is 0 Å². The molecule has 0 spiro atoms. The van der Waals surface area contributed by atoms with Gasteiger partial charge >= 0.3 is 0 Å². The van der Waals surface area contributed by atoms with Crippen molar-refractivity contribution in [2.75, 3.05) is 5.32 Å². The first-order valence-corrected chi connectivity index (χ1v) is 7.98. The maximum absolute atomic E-state index is 12.4. The predicted octanol–water partition coefficient (Wildman–Crippen LogP) is 3.50. The number of amides is 1. The van der Waals surface area contributed by atoms with Crippen LogP contribution in [0.15, 0.2) is 54.6 Å². The number of anilines is 1. The number of para-hydroxylation sites is 2. The van der Waals surface area contributed by atoms with Crippen LogP contribution in [0, 0.1) is 10.1 Å². The summed E-state index contributed by atoms with van der Waals surface area (Å²) in [6.07, 6.45) is 2.31. The van der Waals surface area contributed by atoms with Gasteiger partial charge in [0.2, 0.25) is 0 Å². The van der Waals surface area contributed by atoms with Crippen LogP contribution in [-0.2, 0) is 11.2 Å². The van der Waals surface area contributed by atoms with Crippen LogP contribution in [0.25, 0.3) is 5.70 Å². The van der Waals surface area contributed by atoms with Crippen molar-refractivity contribution in [1.82, 2.24) is 5.32 Å². The van der Waals surface area contributed by atoms with Gasteiger partial charge in [0.1, 0.15) is 5.69 Å². The topological polar surface area (TPSA) is 84.3 Å². The highest BCUT2D eigenvalue weighted by atomic mass is 16.6. The first-order chi connectivity index (χ1) is 11.9. The second-order valence-corrected chi connectivity index (χ2v) is 6.66. The summed E-state index contributed by atoms with van der Waals surface area (Å²) in [6.45, 7) is 4.13. The molecule has 0 fully saturated rings. The van der Waals surface area contributed by atoms with Crippen molar-refractivity contribution in [3.63, 3.8) is 0 Å². The molecule has 6 nitrogen and oxygen atoms in total. The second kappa shape index (κ2) is 6.39. The van der Waals surface area contributed by atoms with E-state index in [1.165, 1.54) is 18.2 Å². The molecule has 2 aromatic carbocycles. The van der Waals surface area contributed by atoms with Gasteiger partial charge in [-0.2, -0.15) is 0 Å². The van der Waals surface area contributed by atoms with Crippen molar-refractivity contribution in [2.45, 2.75) is 25.8 Å². The Morgan fingerprint density at radius 2 is 1.88 bits per heavy atom. The zero-order valence-electron chi connectivity index (χ0n) is 14.1. The van der Waals surface area contributed by atoms with Crippen LogP contribution in [0.4, 0.5) is 11.4 Å². The number of nitrogens with one attached hydrogen (secondary N) is 2. The van der Waals surface area contributed by atoms with E-state index in [0.717, 1.165) is 17.5 Å². The van der Waals surface area contributed by atoms with Crippen LogP contribution in [0.2, 0.25) is 0 Å². The highest BCUT2D eigenvalue weighted by Gasteiger charge is 2.27. The molecule has 0 aromatic heterocycles. The molecule has 2 N–H and O–H groups in total. The van der Waals surface area contributed by atoms with E-state index in [0.29, 0.717) is 5.70 Å². The summed E-state index contributed by atoms with van der Waals surface area (Å²) in [5.74, 6) is -0.413. The van der Waals surface area contributed by atoms with Gasteiger partial charge in [-0.3, -0.25) is 14.9 Å². The number of nitro groups is 1. The number of nitrogens with zero attached hydrogens (tertiary/aromatic N) is 1. The predicted molar refractivity (Wildman–Crippen MR) is 97.1 cm³/mol. The molecule has 0 saturated carbocycles. The Morgan fingerprint density at radius 3 is 2.64 bits per heavy atom. The quantitative estimate of drug-likeness (QED) is 0.510. The van der Waals surface area contributed by atoms with Crippen LogP contribution in [0.1, 0.15) is 25.0 Å². The molecule has 128 valence electrons. The summed E-state index contributed by atoms with van der Waals surface area (Å²) >= 11 is 0. The molecular formula is C19H19N3O3. The van der Waals surface area contributed by atoms with E-state index >= 15 is 0 Å². The fourth-order valence-electron chi connectivity index (χ4n) is 3.04. The first-order valence-electron chi connectivity index (χ1n) is 7.98. The van der Waals surface area contributed by atoms with Crippen LogP contribution in [-0.4, -0.2) is 16.4 Å². The van der Waals surface area contributed by atoms with Gasteiger partial charge in [0.05, 0.1) is 4.92 Å². The molecule has 0 atom stereocenters. The van der Waals surface area contributed by atoms with Crippen molar-refractivity contribution >= 4 is 23.0 Å². The number of hydrogen-bond donors (Lipinski definition) is 2. The van der Waals surface area contributed by atoms with Gasteiger partial charge in [0, 0.05) is 28.9 Å². The SMILES string of the molecule is CC1(C)Cc2ccccc2C(=CC(=O)Nc2ccccc2[N+](=O)[O-])N1. The summed E-state index contributed by atoms with van der Waals surface area (Å²) in [4.78, 5) is 23.0. The van der Waals surface area contributed by atoms with E-state index in [9.17, 15) is 14.9 Å². The fourth-order valence-corrected chi connectivity index (χ4v) is 3.04. The largest absolute Gasteiger partial charge is 0.379 e. The van der Waals surface area contributed by atoms with E-state index in [1.54, 1.807) is 12.1 Å². The van der Waals surface area contributed by atoms with Gasteiger partial charge in [-0.05, 0) is 31.9 Å². The summed E-state index contributed by atoms with van der Waals surface area (Å²) in [5.41, 5.74) is 2.71. The van der Waals surface area contributed by atoms with Crippen molar-refractivity contribution < 1.29 is 9.72 Å². The lowest BCUT2D eigenvalue weighted by atomic mass is 9.86. The van der Waals surface area contributed by atoms with E-state index in [4.69, 9.17) is 0 Å². The normalized spacial score (nSPS) is 16.6. The molecule has 1 amide bonds. The van der Waals surface area contributed by atoms with Crippen LogP contribution >= 0.6 is 0 Å². The molecule has 6 heteroatoms. The van der Waals surface area contributed by atoms with E-state index < -0.39 is 10.8 Å². The average Bonchev–Trinajstić information content (AvgIpc) is 2.54. The Labute approximate surface area is 145 Å². The smallest absolute Gasteiger partial charge is 0.292 e. The highest BCUT2D eigenvalue weighted by molar-refractivity contribution is 6.05. The molecule has 25 heavy (non-hydrogen) atoms. The lowest BCUT2D eigenvalue weighted by molar-refractivity contribution is -0.383. The number of carbonyl (C=O) groups excluding carboxylic acids is 1. The van der Waals surface area contributed by atoms with Crippen molar-refractivity contribution in [3.8, 4) is 0 Å². The van der Waals surface area contributed by atoms with Gasteiger partial charge in [-0.1, -0.05) is 36.4 Å². The molecule has 0 aliphatic carbocycles. The van der Waals surface area contributed by atoms with Crippen molar-refractivity contribution in [3.05, 3.63) is 75.8 Å². The Balaban J connectivity index is 1.91. The van der Waals surface area contributed by atoms with E-state index in [2.05, 4.69) is 24.5 Å². The average molecular weight is 337 g/mol. The fraction of sp³-hybridized carbons (Fsp3) is 0.211. The van der Waals surface area contributed by atoms with E-state index in [1.807, 2.05) is 24.3 Å². The van der Waals surface area contributed by atoms with Crippen LogP contribution in [0.5, 0.6) is 0 Å². The number of benzene rings is 2. The maximum atomic E-state index is 12.4. The number of hydrogen-bond acceptors (Lipinski definition) is 4. The molecule has 0 bridgehead atoms. The Kier molecular flexibility index (Phi) is 4.27. The van der Waals surface area contributed by atoms with E-state index in [-0.39, 0.29) is 16.9 Å². The van der Waals surface area contributed by atoms with Gasteiger partial charge < -0.3 is 10.6 Å². The lowest BCUT2D eigenvalue weighted by Crippen LogP contribution is -2.44. The van der Waals surface area contributed by atoms with Crippen molar-refractivity contribution in [2.24, 2.45) is 0 Å². The Morgan fingerprint density at radius 1 is 1.20 bits per heavy atom. The Hall–Kier alpha value is -3.15. The first kappa shape index (κ1) is 16.7.